The zero-order valence-electron chi connectivity index (χ0n) is 9.00. The maximum atomic E-state index is 13.4. The molecule has 1 N–H and O–H groups in total. The van der Waals surface area contributed by atoms with E-state index >= 15 is 0 Å². The van der Waals surface area contributed by atoms with Crippen molar-refractivity contribution in [3.05, 3.63) is 35.4 Å². The van der Waals surface area contributed by atoms with Crippen LogP contribution in [0.2, 0.25) is 0 Å². The SMILES string of the molecule is OC[C@@H]1CCCN1Cc1cccc(F)c1F. The van der Waals surface area contributed by atoms with E-state index in [1.807, 2.05) is 4.90 Å². The van der Waals surface area contributed by atoms with Gasteiger partial charge in [0.25, 0.3) is 0 Å². The molecule has 1 aromatic carbocycles. The van der Waals surface area contributed by atoms with Crippen LogP contribution in [-0.2, 0) is 6.54 Å². The minimum atomic E-state index is -0.808. The second kappa shape index (κ2) is 4.89. The smallest absolute Gasteiger partial charge is 0.163 e. The molecule has 88 valence electrons. The molecule has 0 spiro atoms. The summed E-state index contributed by atoms with van der Waals surface area (Å²) in [4.78, 5) is 2.00. The summed E-state index contributed by atoms with van der Waals surface area (Å²) in [5.74, 6) is -1.58. The van der Waals surface area contributed by atoms with Crippen molar-refractivity contribution in [3.63, 3.8) is 0 Å². The van der Waals surface area contributed by atoms with Crippen LogP contribution in [0.25, 0.3) is 0 Å². The van der Waals surface area contributed by atoms with Crippen molar-refractivity contribution in [2.75, 3.05) is 13.2 Å². The van der Waals surface area contributed by atoms with Gasteiger partial charge in [-0.25, -0.2) is 8.78 Å². The van der Waals surface area contributed by atoms with Crippen LogP contribution in [0.5, 0.6) is 0 Å². The van der Waals surface area contributed by atoms with Gasteiger partial charge in [-0.3, -0.25) is 4.90 Å². The van der Waals surface area contributed by atoms with E-state index in [-0.39, 0.29) is 12.6 Å². The van der Waals surface area contributed by atoms with Crippen molar-refractivity contribution >= 4 is 0 Å². The molecule has 2 rings (SSSR count). The number of halogens is 2. The van der Waals surface area contributed by atoms with Crippen LogP contribution in [0.4, 0.5) is 8.78 Å². The molecule has 0 amide bonds. The van der Waals surface area contributed by atoms with Crippen LogP contribution in [0.1, 0.15) is 18.4 Å². The van der Waals surface area contributed by atoms with Gasteiger partial charge in [0.2, 0.25) is 0 Å². The molecule has 0 saturated carbocycles. The molecule has 1 aliphatic rings. The zero-order chi connectivity index (χ0) is 11.5. The van der Waals surface area contributed by atoms with E-state index in [0.29, 0.717) is 12.1 Å². The molecular formula is C12H15F2NO. The predicted octanol–water partition coefficient (Wildman–Crippen LogP) is 1.92. The average Bonchev–Trinajstić information content (AvgIpc) is 2.72. The third-order valence-corrected chi connectivity index (χ3v) is 3.11. The third kappa shape index (κ3) is 2.23. The van der Waals surface area contributed by atoms with Crippen LogP contribution >= 0.6 is 0 Å². The van der Waals surface area contributed by atoms with Crippen LogP contribution in [0.15, 0.2) is 18.2 Å². The summed E-state index contributed by atoms with van der Waals surface area (Å²) < 4.78 is 26.4. The van der Waals surface area contributed by atoms with Gasteiger partial charge in [0.05, 0.1) is 6.61 Å². The average molecular weight is 227 g/mol. The zero-order valence-corrected chi connectivity index (χ0v) is 9.00. The van der Waals surface area contributed by atoms with Crippen molar-refractivity contribution in [2.24, 2.45) is 0 Å². The molecule has 1 heterocycles. The Morgan fingerprint density at radius 2 is 2.19 bits per heavy atom. The third-order valence-electron chi connectivity index (χ3n) is 3.11. The first-order valence-corrected chi connectivity index (χ1v) is 5.50. The minimum absolute atomic E-state index is 0.0803. The molecule has 1 aromatic rings. The standard InChI is InChI=1S/C12H15F2NO/c13-11-5-1-3-9(12(11)14)7-15-6-2-4-10(15)8-16/h1,3,5,10,16H,2,4,6-8H2/t10-/m0/s1. The number of hydrogen-bond acceptors (Lipinski definition) is 2. The molecule has 0 bridgehead atoms. The van der Waals surface area contributed by atoms with E-state index in [0.717, 1.165) is 25.5 Å². The molecule has 1 fully saturated rings. The summed E-state index contributed by atoms with van der Waals surface area (Å²) in [6.07, 6.45) is 1.93. The summed E-state index contributed by atoms with van der Waals surface area (Å²) in [7, 11) is 0. The first kappa shape index (κ1) is 11.5. The van der Waals surface area contributed by atoms with Crippen molar-refractivity contribution < 1.29 is 13.9 Å². The number of benzene rings is 1. The van der Waals surface area contributed by atoms with Crippen LogP contribution in [-0.4, -0.2) is 29.2 Å². The van der Waals surface area contributed by atoms with Crippen LogP contribution in [0.3, 0.4) is 0 Å². The Morgan fingerprint density at radius 3 is 2.94 bits per heavy atom. The molecule has 1 atom stereocenters. The van der Waals surface area contributed by atoms with Crippen LogP contribution in [0, 0.1) is 11.6 Å². The van der Waals surface area contributed by atoms with Gasteiger partial charge in [-0.05, 0) is 25.5 Å². The van der Waals surface area contributed by atoms with Gasteiger partial charge in [0.15, 0.2) is 11.6 Å². The van der Waals surface area contributed by atoms with Gasteiger partial charge in [-0.15, -0.1) is 0 Å². The van der Waals surface area contributed by atoms with Crippen LogP contribution < -0.4 is 0 Å². The Hall–Kier alpha value is -1.00. The molecule has 2 nitrogen and oxygen atoms in total. The van der Waals surface area contributed by atoms with Crippen molar-refractivity contribution in [1.29, 1.82) is 0 Å². The number of likely N-dealkylation sites (tertiary alicyclic amines) is 1. The Morgan fingerprint density at radius 1 is 1.38 bits per heavy atom. The Labute approximate surface area is 93.5 Å². The minimum Gasteiger partial charge on any atom is -0.395 e. The Kier molecular flexibility index (Phi) is 3.51. The highest BCUT2D eigenvalue weighted by atomic mass is 19.2. The predicted molar refractivity (Wildman–Crippen MR) is 56.9 cm³/mol. The summed E-state index contributed by atoms with van der Waals surface area (Å²) in [5.41, 5.74) is 0.361. The fourth-order valence-corrected chi connectivity index (χ4v) is 2.20. The van der Waals surface area contributed by atoms with E-state index in [4.69, 9.17) is 5.11 Å². The lowest BCUT2D eigenvalue weighted by Crippen LogP contribution is -2.32. The Bertz CT molecular complexity index is 370. The highest BCUT2D eigenvalue weighted by molar-refractivity contribution is 5.19. The normalized spacial score (nSPS) is 21.6. The monoisotopic (exact) mass is 227 g/mol. The first-order valence-electron chi connectivity index (χ1n) is 5.50. The summed E-state index contributed by atoms with van der Waals surface area (Å²) in [6, 6.07) is 4.30. The van der Waals surface area contributed by atoms with E-state index in [1.165, 1.54) is 6.07 Å². The van der Waals surface area contributed by atoms with E-state index in [1.54, 1.807) is 6.07 Å². The van der Waals surface area contributed by atoms with Gasteiger partial charge < -0.3 is 5.11 Å². The fourth-order valence-electron chi connectivity index (χ4n) is 2.20. The van der Waals surface area contributed by atoms with Crippen molar-refractivity contribution in [1.82, 2.24) is 4.90 Å². The number of hydrogen-bond donors (Lipinski definition) is 1. The fraction of sp³-hybridized carbons (Fsp3) is 0.500. The number of aliphatic hydroxyl groups is 1. The molecule has 4 heteroatoms. The quantitative estimate of drug-likeness (QED) is 0.852. The van der Waals surface area contributed by atoms with Crippen molar-refractivity contribution in [2.45, 2.75) is 25.4 Å². The van der Waals surface area contributed by atoms with E-state index in [2.05, 4.69) is 0 Å². The molecule has 16 heavy (non-hydrogen) atoms. The van der Waals surface area contributed by atoms with Gasteiger partial charge >= 0.3 is 0 Å². The molecule has 1 aliphatic heterocycles. The largest absolute Gasteiger partial charge is 0.395 e. The number of rotatable bonds is 3. The van der Waals surface area contributed by atoms with Gasteiger partial charge in [-0.1, -0.05) is 12.1 Å². The number of nitrogens with zero attached hydrogens (tertiary/aromatic N) is 1. The number of aliphatic hydroxyl groups excluding tert-OH is 1. The summed E-state index contributed by atoms with van der Waals surface area (Å²) in [5, 5.41) is 9.13. The topological polar surface area (TPSA) is 23.5 Å². The maximum Gasteiger partial charge on any atom is 0.163 e. The second-order valence-corrected chi connectivity index (χ2v) is 4.16. The van der Waals surface area contributed by atoms with E-state index < -0.39 is 11.6 Å². The highest BCUT2D eigenvalue weighted by Crippen LogP contribution is 2.21. The van der Waals surface area contributed by atoms with Gasteiger partial charge in [-0.2, -0.15) is 0 Å². The van der Waals surface area contributed by atoms with Crippen molar-refractivity contribution in [3.8, 4) is 0 Å². The molecule has 0 aromatic heterocycles. The maximum absolute atomic E-state index is 13.4. The lowest BCUT2D eigenvalue weighted by atomic mass is 10.1. The lowest BCUT2D eigenvalue weighted by molar-refractivity contribution is 0.152. The Balaban J connectivity index is 2.11. The molecule has 1 saturated heterocycles. The second-order valence-electron chi connectivity index (χ2n) is 4.16. The first-order chi connectivity index (χ1) is 7.72. The molecular weight excluding hydrogens is 212 g/mol. The lowest BCUT2D eigenvalue weighted by Gasteiger charge is -2.22. The van der Waals surface area contributed by atoms with Gasteiger partial charge in [0.1, 0.15) is 0 Å². The highest BCUT2D eigenvalue weighted by Gasteiger charge is 2.24. The summed E-state index contributed by atoms with van der Waals surface area (Å²) >= 11 is 0. The molecule has 0 aliphatic carbocycles. The van der Waals surface area contributed by atoms with E-state index in [9.17, 15) is 8.78 Å². The molecule has 0 unspecified atom stereocenters. The van der Waals surface area contributed by atoms with Gasteiger partial charge in [0, 0.05) is 18.2 Å². The summed E-state index contributed by atoms with van der Waals surface area (Å²) in [6.45, 7) is 1.28. The molecule has 0 radical (unpaired) electrons.